The summed E-state index contributed by atoms with van der Waals surface area (Å²) in [6.45, 7) is 13.4. The predicted molar refractivity (Wildman–Crippen MR) is 84.5 cm³/mol. The van der Waals surface area contributed by atoms with Crippen LogP contribution in [0.2, 0.25) is 0 Å². The molecule has 2 unspecified atom stereocenters. The molecule has 0 saturated carbocycles. The molecule has 0 bridgehead atoms. The zero-order chi connectivity index (χ0) is 15.3. The zero-order valence-electron chi connectivity index (χ0n) is 13.7. The number of aliphatic hydroxyl groups is 1. The van der Waals surface area contributed by atoms with E-state index in [1.165, 1.54) is 16.7 Å². The summed E-state index contributed by atoms with van der Waals surface area (Å²) in [5.41, 5.74) is 3.37. The lowest BCUT2D eigenvalue weighted by atomic mass is 9.95. The monoisotopic (exact) mass is 279 g/mol. The molecule has 0 fully saturated rings. The standard InChI is InChI=1S/C17H29NO2/c1-7-18-17(6,11-19)10-14(4)20-16-9-12(2)8-13(3)15(16)5/h8-9,14,18-19H,7,10-11H2,1-6H3. The molecular formula is C17H29NO2. The first-order valence-corrected chi connectivity index (χ1v) is 7.41. The van der Waals surface area contributed by atoms with Gasteiger partial charge in [-0.15, -0.1) is 0 Å². The van der Waals surface area contributed by atoms with Gasteiger partial charge in [0.25, 0.3) is 0 Å². The predicted octanol–water partition coefficient (Wildman–Crippen LogP) is 3.13. The third-order valence-corrected chi connectivity index (χ3v) is 3.78. The highest BCUT2D eigenvalue weighted by molar-refractivity contribution is 5.42. The molecule has 2 atom stereocenters. The Kier molecular flexibility index (Phi) is 6.03. The first kappa shape index (κ1) is 17.0. The molecule has 114 valence electrons. The number of nitrogens with one attached hydrogen (secondary N) is 1. The number of hydrogen-bond donors (Lipinski definition) is 2. The van der Waals surface area contributed by atoms with Crippen LogP contribution in [0.5, 0.6) is 5.75 Å². The Labute approximate surface area is 123 Å². The topological polar surface area (TPSA) is 41.5 Å². The van der Waals surface area contributed by atoms with E-state index >= 15 is 0 Å². The first-order valence-electron chi connectivity index (χ1n) is 7.41. The van der Waals surface area contributed by atoms with Crippen molar-refractivity contribution in [3.05, 3.63) is 28.8 Å². The van der Waals surface area contributed by atoms with Crippen molar-refractivity contribution in [2.24, 2.45) is 0 Å². The summed E-state index contributed by atoms with van der Waals surface area (Å²) in [6, 6.07) is 4.26. The van der Waals surface area contributed by atoms with Crippen LogP contribution >= 0.6 is 0 Å². The summed E-state index contributed by atoms with van der Waals surface area (Å²) in [4.78, 5) is 0. The van der Waals surface area contributed by atoms with Crippen LogP contribution in [0.1, 0.15) is 43.9 Å². The molecule has 0 heterocycles. The molecule has 0 spiro atoms. The number of hydrogen-bond acceptors (Lipinski definition) is 3. The molecule has 0 aliphatic carbocycles. The SMILES string of the molecule is CCNC(C)(CO)CC(C)Oc1cc(C)cc(C)c1C. The molecule has 0 radical (unpaired) electrons. The van der Waals surface area contributed by atoms with Gasteiger partial charge in [0.05, 0.1) is 12.7 Å². The molecule has 1 aromatic rings. The van der Waals surface area contributed by atoms with Crippen LogP contribution in [0.25, 0.3) is 0 Å². The highest BCUT2D eigenvalue weighted by atomic mass is 16.5. The van der Waals surface area contributed by atoms with E-state index in [2.05, 4.69) is 45.1 Å². The summed E-state index contributed by atoms with van der Waals surface area (Å²) < 4.78 is 6.10. The second-order valence-corrected chi connectivity index (χ2v) is 6.09. The van der Waals surface area contributed by atoms with Gasteiger partial charge in [0.2, 0.25) is 0 Å². The fraction of sp³-hybridized carbons (Fsp3) is 0.647. The zero-order valence-corrected chi connectivity index (χ0v) is 13.7. The van der Waals surface area contributed by atoms with E-state index in [0.717, 1.165) is 18.7 Å². The lowest BCUT2D eigenvalue weighted by Crippen LogP contribution is -2.48. The van der Waals surface area contributed by atoms with Gasteiger partial charge < -0.3 is 15.2 Å². The first-order chi connectivity index (χ1) is 9.31. The van der Waals surface area contributed by atoms with Gasteiger partial charge in [-0.1, -0.05) is 13.0 Å². The summed E-state index contributed by atoms with van der Waals surface area (Å²) in [6.07, 6.45) is 0.815. The molecule has 3 nitrogen and oxygen atoms in total. The normalized spacial score (nSPS) is 15.8. The van der Waals surface area contributed by atoms with Gasteiger partial charge in [-0.3, -0.25) is 0 Å². The van der Waals surface area contributed by atoms with E-state index in [1.807, 2.05) is 13.8 Å². The molecule has 3 heteroatoms. The smallest absolute Gasteiger partial charge is 0.123 e. The number of benzene rings is 1. The molecule has 0 aliphatic heterocycles. The minimum Gasteiger partial charge on any atom is -0.490 e. The molecular weight excluding hydrogens is 250 g/mol. The third-order valence-electron chi connectivity index (χ3n) is 3.78. The van der Waals surface area contributed by atoms with Crippen LogP contribution in [-0.2, 0) is 0 Å². The maximum absolute atomic E-state index is 9.56. The van der Waals surface area contributed by atoms with Crippen molar-refractivity contribution < 1.29 is 9.84 Å². The van der Waals surface area contributed by atoms with E-state index in [0.29, 0.717) is 0 Å². The Bertz CT molecular complexity index is 445. The van der Waals surface area contributed by atoms with Crippen LogP contribution in [0.4, 0.5) is 0 Å². The van der Waals surface area contributed by atoms with E-state index in [-0.39, 0.29) is 18.2 Å². The number of likely N-dealkylation sites (N-methyl/N-ethyl adjacent to an activating group) is 1. The molecule has 0 aromatic heterocycles. The van der Waals surface area contributed by atoms with Crippen LogP contribution in [0, 0.1) is 20.8 Å². The molecule has 0 aliphatic rings. The van der Waals surface area contributed by atoms with Crippen LogP contribution < -0.4 is 10.1 Å². The highest BCUT2D eigenvalue weighted by Gasteiger charge is 2.25. The molecule has 20 heavy (non-hydrogen) atoms. The van der Waals surface area contributed by atoms with Gasteiger partial charge in [0, 0.05) is 12.0 Å². The van der Waals surface area contributed by atoms with E-state index in [1.54, 1.807) is 0 Å². The maximum Gasteiger partial charge on any atom is 0.123 e. The number of aliphatic hydroxyl groups excluding tert-OH is 1. The van der Waals surface area contributed by atoms with Crippen molar-refractivity contribution in [1.29, 1.82) is 0 Å². The summed E-state index contributed by atoms with van der Waals surface area (Å²) in [5.74, 6) is 0.951. The average Bonchev–Trinajstić information content (AvgIpc) is 2.35. The maximum atomic E-state index is 9.56. The van der Waals surface area contributed by atoms with E-state index in [9.17, 15) is 5.11 Å². The van der Waals surface area contributed by atoms with Gasteiger partial charge in [-0.2, -0.15) is 0 Å². The number of rotatable bonds is 7. The second-order valence-electron chi connectivity index (χ2n) is 6.09. The number of aryl methyl sites for hydroxylation is 2. The van der Waals surface area contributed by atoms with Crippen molar-refractivity contribution >= 4 is 0 Å². The Balaban J connectivity index is 2.78. The van der Waals surface area contributed by atoms with Crippen molar-refractivity contribution in [3.63, 3.8) is 0 Å². The van der Waals surface area contributed by atoms with Crippen molar-refractivity contribution in [2.45, 2.75) is 59.6 Å². The van der Waals surface area contributed by atoms with E-state index < -0.39 is 0 Å². The van der Waals surface area contributed by atoms with Gasteiger partial charge in [0.1, 0.15) is 5.75 Å². The van der Waals surface area contributed by atoms with Gasteiger partial charge in [-0.25, -0.2) is 0 Å². The third kappa shape index (κ3) is 4.50. The minimum atomic E-state index is -0.291. The summed E-state index contributed by atoms with van der Waals surface area (Å²) in [7, 11) is 0. The summed E-state index contributed by atoms with van der Waals surface area (Å²) in [5, 5.41) is 12.9. The molecule has 1 rings (SSSR count). The second kappa shape index (κ2) is 7.09. The number of ether oxygens (including phenoxy) is 1. The molecule has 2 N–H and O–H groups in total. The largest absolute Gasteiger partial charge is 0.490 e. The minimum absolute atomic E-state index is 0.0473. The Hall–Kier alpha value is -1.06. The average molecular weight is 279 g/mol. The molecule has 1 aromatic carbocycles. The Morgan fingerprint density at radius 1 is 1.30 bits per heavy atom. The van der Waals surface area contributed by atoms with Gasteiger partial charge in [0.15, 0.2) is 0 Å². The van der Waals surface area contributed by atoms with Crippen LogP contribution in [-0.4, -0.2) is 29.9 Å². The fourth-order valence-corrected chi connectivity index (χ4v) is 2.64. The molecule has 0 saturated heterocycles. The van der Waals surface area contributed by atoms with Crippen molar-refractivity contribution in [1.82, 2.24) is 5.32 Å². The quantitative estimate of drug-likeness (QED) is 0.805. The van der Waals surface area contributed by atoms with Crippen LogP contribution in [0.15, 0.2) is 12.1 Å². The Morgan fingerprint density at radius 3 is 2.50 bits per heavy atom. The lowest BCUT2D eigenvalue weighted by molar-refractivity contribution is 0.111. The lowest BCUT2D eigenvalue weighted by Gasteiger charge is -2.31. The highest BCUT2D eigenvalue weighted by Crippen LogP contribution is 2.26. The van der Waals surface area contributed by atoms with Crippen LogP contribution in [0.3, 0.4) is 0 Å². The fourth-order valence-electron chi connectivity index (χ4n) is 2.64. The van der Waals surface area contributed by atoms with Crippen molar-refractivity contribution in [2.75, 3.05) is 13.2 Å². The Morgan fingerprint density at radius 2 is 1.95 bits per heavy atom. The van der Waals surface area contributed by atoms with Crippen molar-refractivity contribution in [3.8, 4) is 5.75 Å². The van der Waals surface area contributed by atoms with Gasteiger partial charge >= 0.3 is 0 Å². The molecule has 0 amide bonds. The van der Waals surface area contributed by atoms with Gasteiger partial charge in [-0.05, 0) is 63.9 Å². The summed E-state index contributed by atoms with van der Waals surface area (Å²) >= 11 is 0. The van der Waals surface area contributed by atoms with E-state index in [4.69, 9.17) is 4.74 Å².